The van der Waals surface area contributed by atoms with Crippen molar-refractivity contribution in [3.63, 3.8) is 0 Å². The summed E-state index contributed by atoms with van der Waals surface area (Å²) < 4.78 is 0. The molecular weight excluding hydrogens is 384 g/mol. The highest BCUT2D eigenvalue weighted by atomic mass is 35.5. The number of alkyl halides is 4. The maximum atomic E-state index is 12.6. The SMILES string of the molecule is C[C@H](C[C@H]1[C@@H](O)C(C)(C)C(=O)N1C(=O)C[C@H](C)C(Cl)Cl)C(Cl)Cl. The Kier molecular flexibility index (Phi) is 7.50. The van der Waals surface area contributed by atoms with Crippen molar-refractivity contribution in [2.75, 3.05) is 0 Å². The number of halogens is 4. The summed E-state index contributed by atoms with van der Waals surface area (Å²) in [6, 6.07) is -0.656. The van der Waals surface area contributed by atoms with Gasteiger partial charge in [-0.05, 0) is 32.1 Å². The van der Waals surface area contributed by atoms with Gasteiger partial charge in [-0.25, -0.2) is 0 Å². The first kappa shape index (κ1) is 21.3. The van der Waals surface area contributed by atoms with Crippen LogP contribution in [0.5, 0.6) is 0 Å². The summed E-state index contributed by atoms with van der Waals surface area (Å²) in [5.74, 6) is -1.27. The van der Waals surface area contributed by atoms with Gasteiger partial charge in [0.05, 0.1) is 17.6 Å². The number of rotatable bonds is 6. The molecule has 0 aromatic heterocycles. The number of nitrogens with zero attached hydrogens (tertiary/aromatic N) is 1. The number of aliphatic hydroxyl groups is 1. The first-order valence-corrected chi connectivity index (χ1v) is 9.26. The second-order valence-electron chi connectivity index (χ2n) is 6.87. The number of imide groups is 1. The number of hydrogen-bond donors (Lipinski definition) is 1. The molecule has 4 nitrogen and oxygen atoms in total. The van der Waals surface area contributed by atoms with Crippen molar-refractivity contribution in [1.29, 1.82) is 0 Å². The molecule has 0 aliphatic carbocycles. The molecular formula is C15H23Cl4NO3. The molecule has 1 aliphatic rings. The maximum Gasteiger partial charge on any atom is 0.237 e. The van der Waals surface area contributed by atoms with Crippen LogP contribution < -0.4 is 0 Å². The fraction of sp³-hybridized carbons (Fsp3) is 0.867. The minimum absolute atomic E-state index is 0.0300. The molecule has 0 unspecified atom stereocenters. The van der Waals surface area contributed by atoms with E-state index in [1.165, 1.54) is 0 Å². The Morgan fingerprint density at radius 2 is 1.65 bits per heavy atom. The molecule has 1 saturated heterocycles. The number of aliphatic hydroxyl groups excluding tert-OH is 1. The van der Waals surface area contributed by atoms with Gasteiger partial charge in [-0.2, -0.15) is 0 Å². The third-order valence-electron chi connectivity index (χ3n) is 4.44. The van der Waals surface area contributed by atoms with Gasteiger partial charge in [0.25, 0.3) is 0 Å². The molecule has 1 N–H and O–H groups in total. The lowest BCUT2D eigenvalue weighted by atomic mass is 9.84. The molecule has 1 aliphatic heterocycles. The Labute approximate surface area is 157 Å². The monoisotopic (exact) mass is 405 g/mol. The van der Waals surface area contributed by atoms with E-state index in [0.29, 0.717) is 6.42 Å². The highest BCUT2D eigenvalue weighted by molar-refractivity contribution is 6.44. The summed E-state index contributed by atoms with van der Waals surface area (Å²) >= 11 is 23.3. The lowest BCUT2D eigenvalue weighted by Crippen LogP contribution is -2.43. The summed E-state index contributed by atoms with van der Waals surface area (Å²) in [4.78, 5) is 25.0. The predicted molar refractivity (Wildman–Crippen MR) is 94.0 cm³/mol. The first-order chi connectivity index (χ1) is 10.4. The summed E-state index contributed by atoms with van der Waals surface area (Å²) in [7, 11) is 0. The first-order valence-electron chi connectivity index (χ1n) is 7.52. The Morgan fingerprint density at radius 1 is 1.17 bits per heavy atom. The van der Waals surface area contributed by atoms with Crippen molar-refractivity contribution >= 4 is 58.2 Å². The third kappa shape index (κ3) is 4.66. The molecule has 134 valence electrons. The Hall–Kier alpha value is 0.260. The summed E-state index contributed by atoms with van der Waals surface area (Å²) in [6.07, 6.45) is -0.617. The van der Waals surface area contributed by atoms with Crippen LogP contribution in [0.15, 0.2) is 0 Å². The van der Waals surface area contributed by atoms with Gasteiger partial charge in [-0.3, -0.25) is 14.5 Å². The van der Waals surface area contributed by atoms with Crippen LogP contribution in [0.4, 0.5) is 0 Å². The van der Waals surface area contributed by atoms with E-state index in [9.17, 15) is 14.7 Å². The lowest BCUT2D eigenvalue weighted by Gasteiger charge is -2.28. The highest BCUT2D eigenvalue weighted by Gasteiger charge is 2.55. The molecule has 1 heterocycles. The van der Waals surface area contributed by atoms with Gasteiger partial charge in [0, 0.05) is 6.42 Å². The van der Waals surface area contributed by atoms with Gasteiger partial charge in [0.15, 0.2) is 0 Å². The zero-order valence-electron chi connectivity index (χ0n) is 13.6. The van der Waals surface area contributed by atoms with E-state index in [0.717, 1.165) is 4.90 Å². The van der Waals surface area contributed by atoms with Crippen LogP contribution in [0.25, 0.3) is 0 Å². The molecule has 0 aromatic carbocycles. The number of likely N-dealkylation sites (tertiary alicyclic amines) is 1. The summed E-state index contributed by atoms with van der Waals surface area (Å²) in [5, 5.41) is 10.5. The number of carbonyl (C=O) groups is 2. The number of hydrogen-bond acceptors (Lipinski definition) is 3. The zero-order valence-corrected chi connectivity index (χ0v) is 16.6. The lowest BCUT2D eigenvalue weighted by molar-refractivity contribution is -0.147. The quantitative estimate of drug-likeness (QED) is 0.683. The largest absolute Gasteiger partial charge is 0.390 e. The topological polar surface area (TPSA) is 57.6 Å². The molecule has 0 radical (unpaired) electrons. The van der Waals surface area contributed by atoms with Crippen LogP contribution in [-0.4, -0.2) is 43.6 Å². The van der Waals surface area contributed by atoms with Crippen molar-refractivity contribution in [3.8, 4) is 0 Å². The molecule has 0 saturated carbocycles. The molecule has 1 fully saturated rings. The molecule has 0 aromatic rings. The van der Waals surface area contributed by atoms with E-state index in [1.807, 2.05) is 6.92 Å². The molecule has 1 rings (SSSR count). The van der Waals surface area contributed by atoms with Gasteiger partial charge >= 0.3 is 0 Å². The van der Waals surface area contributed by atoms with E-state index >= 15 is 0 Å². The number of carbonyl (C=O) groups excluding carboxylic acids is 2. The standard InChI is InChI=1S/C15H23Cl4NO3/c1-7(12(16)17)5-9-11(22)15(3,4)14(23)20(9)10(21)6-8(2)13(18)19/h7-9,11-13,22H,5-6H2,1-4H3/t7-,8+,9+,11-/m1/s1. The summed E-state index contributed by atoms with van der Waals surface area (Å²) in [6.45, 7) is 6.79. The molecule has 0 spiro atoms. The molecule has 23 heavy (non-hydrogen) atoms. The van der Waals surface area contributed by atoms with Crippen molar-refractivity contribution in [2.45, 2.75) is 62.4 Å². The highest BCUT2D eigenvalue weighted by Crippen LogP contribution is 2.40. The van der Waals surface area contributed by atoms with Crippen LogP contribution >= 0.6 is 46.4 Å². The minimum atomic E-state index is -1.04. The van der Waals surface area contributed by atoms with Crippen molar-refractivity contribution in [2.24, 2.45) is 17.3 Å². The van der Waals surface area contributed by atoms with Crippen LogP contribution in [0.1, 0.15) is 40.5 Å². The Bertz CT molecular complexity index is 456. The fourth-order valence-corrected chi connectivity index (χ4v) is 3.07. The zero-order chi connectivity index (χ0) is 18.1. The van der Waals surface area contributed by atoms with Crippen molar-refractivity contribution in [3.05, 3.63) is 0 Å². The maximum absolute atomic E-state index is 12.6. The van der Waals surface area contributed by atoms with E-state index in [-0.39, 0.29) is 18.3 Å². The van der Waals surface area contributed by atoms with Crippen LogP contribution in [-0.2, 0) is 9.59 Å². The van der Waals surface area contributed by atoms with E-state index in [2.05, 4.69) is 0 Å². The van der Waals surface area contributed by atoms with Gasteiger partial charge in [0.2, 0.25) is 11.8 Å². The second kappa shape index (κ2) is 8.09. The third-order valence-corrected chi connectivity index (χ3v) is 6.16. The Morgan fingerprint density at radius 3 is 2.09 bits per heavy atom. The van der Waals surface area contributed by atoms with E-state index < -0.39 is 39.0 Å². The molecule has 0 bridgehead atoms. The van der Waals surface area contributed by atoms with E-state index in [4.69, 9.17) is 46.4 Å². The summed E-state index contributed by atoms with van der Waals surface area (Å²) in [5.41, 5.74) is -1.04. The fourth-order valence-electron chi connectivity index (χ4n) is 2.69. The van der Waals surface area contributed by atoms with E-state index in [1.54, 1.807) is 20.8 Å². The second-order valence-corrected chi connectivity index (χ2v) is 9.19. The molecule has 2 amide bonds. The normalized spacial score (nSPS) is 26.9. The number of amides is 2. The minimum Gasteiger partial charge on any atom is -0.390 e. The van der Waals surface area contributed by atoms with Crippen LogP contribution in [0, 0.1) is 17.3 Å². The van der Waals surface area contributed by atoms with Crippen molar-refractivity contribution < 1.29 is 14.7 Å². The average Bonchev–Trinajstić information content (AvgIpc) is 2.59. The molecule has 4 atom stereocenters. The van der Waals surface area contributed by atoms with Gasteiger partial charge < -0.3 is 5.11 Å². The smallest absolute Gasteiger partial charge is 0.237 e. The van der Waals surface area contributed by atoms with Gasteiger partial charge in [0.1, 0.15) is 9.67 Å². The van der Waals surface area contributed by atoms with Crippen LogP contribution in [0.3, 0.4) is 0 Å². The predicted octanol–water partition coefficient (Wildman–Crippen LogP) is 3.77. The van der Waals surface area contributed by atoms with Crippen LogP contribution in [0.2, 0.25) is 0 Å². The average molecular weight is 407 g/mol. The van der Waals surface area contributed by atoms with Gasteiger partial charge in [-0.1, -0.05) is 13.8 Å². The van der Waals surface area contributed by atoms with Crippen molar-refractivity contribution in [1.82, 2.24) is 4.90 Å². The molecule has 8 heteroatoms. The van der Waals surface area contributed by atoms with Gasteiger partial charge in [-0.15, -0.1) is 46.4 Å². The Balaban J connectivity index is 3.03.